The molecule has 4 nitrogen and oxygen atoms in total. The first-order valence-corrected chi connectivity index (χ1v) is 23.5. The first-order chi connectivity index (χ1) is 34.6. The van der Waals surface area contributed by atoms with E-state index in [2.05, 4.69) is 164 Å². The summed E-state index contributed by atoms with van der Waals surface area (Å²) in [7, 11) is 0. The molecule has 0 amide bonds. The van der Waals surface area contributed by atoms with E-state index in [0.717, 1.165) is 44.4 Å². The molecule has 0 atom stereocenters. The van der Waals surface area contributed by atoms with E-state index in [1.54, 1.807) is 12.1 Å². The number of anilines is 3. The number of rotatable bonds is 8. The minimum Gasteiger partial charge on any atom is -0.279 e. The van der Waals surface area contributed by atoms with Crippen LogP contribution in [0.5, 0.6) is 0 Å². The summed E-state index contributed by atoms with van der Waals surface area (Å²) in [5.41, 5.74) is 10.4. The minimum absolute atomic E-state index is 0.323. The summed E-state index contributed by atoms with van der Waals surface area (Å²) in [5, 5.41) is 11.8. The lowest BCUT2D eigenvalue weighted by molar-refractivity contribution is 0.628. The molecule has 1 heterocycles. The predicted molar refractivity (Wildman–Crippen MR) is 289 cm³/mol. The predicted octanol–water partition coefficient (Wildman–Crippen LogP) is 17.6. The fraction of sp³-hybridized carbons (Fsp3) is 0. The van der Waals surface area contributed by atoms with E-state index in [1.165, 1.54) is 77.5 Å². The van der Waals surface area contributed by atoms with Gasteiger partial charge in [-0.2, -0.15) is 9.97 Å². The van der Waals surface area contributed by atoms with E-state index in [9.17, 15) is 4.39 Å². The van der Waals surface area contributed by atoms with Crippen LogP contribution in [0.2, 0.25) is 0 Å². The third kappa shape index (κ3) is 7.20. The van der Waals surface area contributed by atoms with E-state index < -0.39 is 0 Å². The van der Waals surface area contributed by atoms with Crippen LogP contribution >= 0.6 is 0 Å². The Hall–Kier alpha value is -9.32. The summed E-state index contributed by atoms with van der Waals surface area (Å²) in [6.45, 7) is 0. The second-order valence-corrected chi connectivity index (χ2v) is 17.7. The first-order valence-electron chi connectivity index (χ1n) is 23.5. The number of benzene rings is 12. The van der Waals surface area contributed by atoms with Crippen LogP contribution in [0.15, 0.2) is 249 Å². The summed E-state index contributed by atoms with van der Waals surface area (Å²) >= 11 is 0. The van der Waals surface area contributed by atoms with Crippen molar-refractivity contribution in [2.75, 3.05) is 4.90 Å². The third-order valence-electron chi connectivity index (χ3n) is 13.5. The van der Waals surface area contributed by atoms with Crippen LogP contribution in [-0.2, 0) is 0 Å². The number of nitrogens with zero attached hydrogens (tertiary/aromatic N) is 4. The smallest absolute Gasteiger partial charge is 0.238 e. The van der Waals surface area contributed by atoms with Crippen LogP contribution in [0.1, 0.15) is 0 Å². The fourth-order valence-electron chi connectivity index (χ4n) is 10.2. The van der Waals surface area contributed by atoms with E-state index in [1.807, 2.05) is 65.6 Å². The maximum atomic E-state index is 14.5. The fourth-order valence-corrected chi connectivity index (χ4v) is 10.2. The van der Waals surface area contributed by atoms with Crippen molar-refractivity contribution in [3.8, 4) is 56.2 Å². The maximum Gasteiger partial charge on any atom is 0.238 e. The molecule has 0 unspecified atom stereocenters. The van der Waals surface area contributed by atoms with Gasteiger partial charge in [0.1, 0.15) is 5.82 Å². The van der Waals surface area contributed by atoms with Crippen LogP contribution in [0.4, 0.5) is 21.7 Å². The standard InChI is InChI=1S/C65H41FN4/c66-50-33-36-51(37-34-50)70(65-68-63(44-17-3-1-4-18-44)67-64(69-65)45-19-5-2-6-20-45)52-35-31-47-39-46(29-30-48(47)40-52)49-32-38-59-60(41-49)62(56-28-14-22-43-16-8-10-24-54(43)56)58-26-12-11-25-57(58)61(59)55-27-13-21-42-15-7-9-23-53(42)55/h1-41H. The van der Waals surface area contributed by atoms with E-state index in [4.69, 9.17) is 15.0 Å². The molecule has 0 bridgehead atoms. The lowest BCUT2D eigenvalue weighted by Gasteiger charge is -2.24. The molecule has 13 aromatic rings. The number of halogens is 1. The van der Waals surface area contributed by atoms with Crippen LogP contribution in [0, 0.1) is 5.82 Å². The van der Waals surface area contributed by atoms with Gasteiger partial charge in [-0.1, -0.05) is 200 Å². The highest BCUT2D eigenvalue weighted by Gasteiger charge is 2.22. The molecule has 12 aromatic carbocycles. The number of hydrogen-bond donors (Lipinski definition) is 0. The second kappa shape index (κ2) is 17.1. The number of aromatic nitrogens is 3. The van der Waals surface area contributed by atoms with Gasteiger partial charge in [0, 0.05) is 22.5 Å². The Balaban J connectivity index is 0.986. The van der Waals surface area contributed by atoms with E-state index in [-0.39, 0.29) is 5.82 Å². The van der Waals surface area contributed by atoms with Gasteiger partial charge in [-0.25, -0.2) is 9.37 Å². The summed E-state index contributed by atoms with van der Waals surface area (Å²) < 4.78 is 14.5. The molecule has 0 fully saturated rings. The van der Waals surface area contributed by atoms with Crippen molar-refractivity contribution in [2.45, 2.75) is 0 Å². The van der Waals surface area contributed by atoms with Crippen molar-refractivity contribution in [1.82, 2.24) is 15.0 Å². The SMILES string of the molecule is Fc1ccc(N(c2ccc3cc(-c4ccc5c(-c6cccc7ccccc67)c6ccccc6c(-c6cccc7ccccc67)c5c4)ccc3c2)c2nc(-c3ccccc3)nc(-c3ccccc3)n2)cc1. The summed E-state index contributed by atoms with van der Waals surface area (Å²) in [4.78, 5) is 17.1. The quantitative estimate of drug-likeness (QED) is 0.143. The molecule has 0 aliphatic rings. The molecule has 0 saturated heterocycles. The van der Waals surface area contributed by atoms with Crippen molar-refractivity contribution >= 4 is 71.2 Å². The van der Waals surface area contributed by atoms with Crippen molar-refractivity contribution in [3.05, 3.63) is 255 Å². The van der Waals surface area contributed by atoms with Gasteiger partial charge in [-0.05, 0) is 136 Å². The highest BCUT2D eigenvalue weighted by molar-refractivity contribution is 6.25. The molecule has 13 rings (SSSR count). The summed E-state index contributed by atoms with van der Waals surface area (Å²) in [5.74, 6) is 1.18. The van der Waals surface area contributed by atoms with Gasteiger partial charge < -0.3 is 0 Å². The maximum absolute atomic E-state index is 14.5. The van der Waals surface area contributed by atoms with Crippen LogP contribution in [0.25, 0.3) is 110 Å². The lowest BCUT2D eigenvalue weighted by Crippen LogP contribution is -2.15. The molecular formula is C65H41FN4. The monoisotopic (exact) mass is 896 g/mol. The van der Waals surface area contributed by atoms with Gasteiger partial charge in [0.2, 0.25) is 5.95 Å². The van der Waals surface area contributed by atoms with Crippen molar-refractivity contribution in [1.29, 1.82) is 0 Å². The topological polar surface area (TPSA) is 41.9 Å². The first kappa shape index (κ1) is 40.9. The Labute approximate surface area is 404 Å². The molecule has 5 heteroatoms. The zero-order chi connectivity index (χ0) is 46.5. The molecule has 70 heavy (non-hydrogen) atoms. The molecular weight excluding hydrogens is 856 g/mol. The summed E-state index contributed by atoms with van der Waals surface area (Å²) in [6.07, 6.45) is 0. The highest BCUT2D eigenvalue weighted by atomic mass is 19.1. The average molecular weight is 897 g/mol. The van der Waals surface area contributed by atoms with Gasteiger partial charge in [-0.3, -0.25) is 4.90 Å². The molecule has 1 aromatic heterocycles. The highest BCUT2D eigenvalue weighted by Crippen LogP contribution is 2.48. The van der Waals surface area contributed by atoms with E-state index in [0.29, 0.717) is 17.6 Å². The Morgan fingerprint density at radius 3 is 1.36 bits per heavy atom. The third-order valence-corrected chi connectivity index (χ3v) is 13.5. The van der Waals surface area contributed by atoms with Crippen molar-refractivity contribution in [2.24, 2.45) is 0 Å². The Bertz CT molecular complexity index is 4070. The summed E-state index contributed by atoms with van der Waals surface area (Å²) in [6, 6.07) is 86.0. The van der Waals surface area contributed by atoms with Gasteiger partial charge in [0.05, 0.1) is 0 Å². The van der Waals surface area contributed by atoms with Gasteiger partial charge in [0.15, 0.2) is 11.6 Å². The zero-order valence-corrected chi connectivity index (χ0v) is 37.8. The van der Waals surface area contributed by atoms with Gasteiger partial charge in [0.25, 0.3) is 0 Å². The normalized spacial score (nSPS) is 11.5. The van der Waals surface area contributed by atoms with Crippen LogP contribution < -0.4 is 4.90 Å². The molecule has 0 spiro atoms. The average Bonchev–Trinajstić information content (AvgIpc) is 3.43. The molecule has 0 N–H and O–H groups in total. The Morgan fingerprint density at radius 2 is 0.743 bits per heavy atom. The Kier molecular flexibility index (Phi) is 9.98. The van der Waals surface area contributed by atoms with Gasteiger partial charge >= 0.3 is 0 Å². The molecule has 328 valence electrons. The second-order valence-electron chi connectivity index (χ2n) is 17.7. The van der Waals surface area contributed by atoms with Gasteiger partial charge in [-0.15, -0.1) is 0 Å². The minimum atomic E-state index is -0.323. The lowest BCUT2D eigenvalue weighted by atomic mass is 9.83. The molecule has 0 radical (unpaired) electrons. The van der Waals surface area contributed by atoms with E-state index >= 15 is 0 Å². The van der Waals surface area contributed by atoms with Crippen LogP contribution in [-0.4, -0.2) is 15.0 Å². The molecule has 0 aliphatic carbocycles. The number of hydrogen-bond acceptors (Lipinski definition) is 4. The van der Waals surface area contributed by atoms with Crippen LogP contribution in [0.3, 0.4) is 0 Å². The van der Waals surface area contributed by atoms with Crippen molar-refractivity contribution < 1.29 is 4.39 Å². The largest absolute Gasteiger partial charge is 0.279 e. The molecule has 0 saturated carbocycles. The zero-order valence-electron chi connectivity index (χ0n) is 37.8. The Morgan fingerprint density at radius 1 is 0.286 bits per heavy atom. The van der Waals surface area contributed by atoms with Crippen molar-refractivity contribution in [3.63, 3.8) is 0 Å². The molecule has 0 aliphatic heterocycles. The number of fused-ring (bicyclic) bond motifs is 5.